The van der Waals surface area contributed by atoms with Crippen molar-refractivity contribution in [3.63, 3.8) is 0 Å². The lowest BCUT2D eigenvalue weighted by molar-refractivity contribution is 0.102. The summed E-state index contributed by atoms with van der Waals surface area (Å²) in [4.78, 5) is 12.7. The highest BCUT2D eigenvalue weighted by atomic mass is 16.1. The molecule has 0 aromatic heterocycles. The molecule has 2 N–H and O–H groups in total. The zero-order valence-electron chi connectivity index (χ0n) is 16.2. The standard InChI is InChI=1S/C24H26N2O/c1-4-20-11-5-6-13-23(20)25-16-19-10-8-12-21(15-19)24(27)26-22-14-7-9-17(2)18(22)3/h5-15,25H,4,16H2,1-3H3,(H,26,27). The van der Waals surface area contributed by atoms with Crippen LogP contribution in [-0.2, 0) is 13.0 Å². The van der Waals surface area contributed by atoms with E-state index in [4.69, 9.17) is 0 Å². The van der Waals surface area contributed by atoms with Gasteiger partial charge in [0.15, 0.2) is 0 Å². The van der Waals surface area contributed by atoms with E-state index in [1.807, 2.05) is 62.4 Å². The second kappa shape index (κ2) is 8.54. The molecule has 0 aliphatic carbocycles. The van der Waals surface area contributed by atoms with Crippen molar-refractivity contribution in [1.29, 1.82) is 0 Å². The number of para-hydroxylation sites is 1. The fraction of sp³-hybridized carbons (Fsp3) is 0.208. The third-order valence-electron chi connectivity index (χ3n) is 4.92. The summed E-state index contributed by atoms with van der Waals surface area (Å²) in [6, 6.07) is 22.0. The van der Waals surface area contributed by atoms with E-state index in [2.05, 4.69) is 35.8 Å². The van der Waals surface area contributed by atoms with Gasteiger partial charge >= 0.3 is 0 Å². The van der Waals surface area contributed by atoms with Crippen LogP contribution in [0.5, 0.6) is 0 Å². The van der Waals surface area contributed by atoms with Crippen molar-refractivity contribution in [3.8, 4) is 0 Å². The molecular weight excluding hydrogens is 332 g/mol. The first-order chi connectivity index (χ1) is 13.1. The number of nitrogens with one attached hydrogen (secondary N) is 2. The normalized spacial score (nSPS) is 10.5. The van der Waals surface area contributed by atoms with Crippen molar-refractivity contribution in [2.75, 3.05) is 10.6 Å². The lowest BCUT2D eigenvalue weighted by Gasteiger charge is -2.13. The third kappa shape index (κ3) is 4.56. The fourth-order valence-electron chi connectivity index (χ4n) is 3.10. The second-order valence-corrected chi connectivity index (χ2v) is 6.77. The Hall–Kier alpha value is -3.07. The van der Waals surface area contributed by atoms with E-state index < -0.39 is 0 Å². The lowest BCUT2D eigenvalue weighted by Crippen LogP contribution is -2.13. The molecule has 0 radical (unpaired) electrons. The van der Waals surface area contributed by atoms with E-state index in [1.54, 1.807) is 0 Å². The summed E-state index contributed by atoms with van der Waals surface area (Å²) >= 11 is 0. The molecule has 0 fully saturated rings. The third-order valence-corrected chi connectivity index (χ3v) is 4.92. The van der Waals surface area contributed by atoms with Gasteiger partial charge in [0.05, 0.1) is 0 Å². The van der Waals surface area contributed by atoms with Crippen LogP contribution in [0.15, 0.2) is 66.7 Å². The van der Waals surface area contributed by atoms with Crippen LogP contribution in [-0.4, -0.2) is 5.91 Å². The average Bonchev–Trinajstić information content (AvgIpc) is 2.70. The van der Waals surface area contributed by atoms with E-state index in [1.165, 1.54) is 11.1 Å². The second-order valence-electron chi connectivity index (χ2n) is 6.77. The minimum absolute atomic E-state index is 0.0838. The predicted octanol–water partition coefficient (Wildman–Crippen LogP) is 5.73. The van der Waals surface area contributed by atoms with Crippen LogP contribution in [0, 0.1) is 13.8 Å². The van der Waals surface area contributed by atoms with Gasteiger partial charge in [-0.2, -0.15) is 0 Å². The molecule has 0 bridgehead atoms. The van der Waals surface area contributed by atoms with Gasteiger partial charge in [0, 0.05) is 23.5 Å². The molecule has 0 heterocycles. The summed E-state index contributed by atoms with van der Waals surface area (Å²) in [5, 5.41) is 6.51. The minimum atomic E-state index is -0.0838. The predicted molar refractivity (Wildman–Crippen MR) is 113 cm³/mol. The molecule has 0 unspecified atom stereocenters. The monoisotopic (exact) mass is 358 g/mol. The number of aryl methyl sites for hydroxylation is 2. The van der Waals surface area contributed by atoms with E-state index in [9.17, 15) is 4.79 Å². The molecular formula is C24H26N2O. The maximum absolute atomic E-state index is 12.7. The molecule has 27 heavy (non-hydrogen) atoms. The van der Waals surface area contributed by atoms with Gasteiger partial charge in [-0.05, 0) is 66.8 Å². The molecule has 0 aliphatic heterocycles. The van der Waals surface area contributed by atoms with Crippen molar-refractivity contribution < 1.29 is 4.79 Å². The number of hydrogen-bond acceptors (Lipinski definition) is 2. The SMILES string of the molecule is CCc1ccccc1NCc1cccc(C(=O)Nc2cccc(C)c2C)c1. The molecule has 0 saturated heterocycles. The molecule has 1 amide bonds. The maximum Gasteiger partial charge on any atom is 0.255 e. The number of benzene rings is 3. The van der Waals surface area contributed by atoms with Crippen molar-refractivity contribution in [2.24, 2.45) is 0 Å². The molecule has 3 rings (SSSR count). The average molecular weight is 358 g/mol. The van der Waals surface area contributed by atoms with E-state index >= 15 is 0 Å². The van der Waals surface area contributed by atoms with Gasteiger partial charge in [-0.15, -0.1) is 0 Å². The van der Waals surface area contributed by atoms with Crippen molar-refractivity contribution >= 4 is 17.3 Å². The van der Waals surface area contributed by atoms with Crippen LogP contribution in [0.3, 0.4) is 0 Å². The Morgan fingerprint density at radius 2 is 1.63 bits per heavy atom. The van der Waals surface area contributed by atoms with Gasteiger partial charge in [0.25, 0.3) is 5.91 Å². The van der Waals surface area contributed by atoms with Crippen LogP contribution in [0.2, 0.25) is 0 Å². The Kier molecular flexibility index (Phi) is 5.92. The number of hydrogen-bond donors (Lipinski definition) is 2. The van der Waals surface area contributed by atoms with Gasteiger partial charge in [0.1, 0.15) is 0 Å². The molecule has 3 aromatic rings. The molecule has 3 heteroatoms. The van der Waals surface area contributed by atoms with Crippen molar-refractivity contribution in [1.82, 2.24) is 0 Å². The Balaban J connectivity index is 1.71. The van der Waals surface area contributed by atoms with Gasteiger partial charge in [-0.1, -0.05) is 49.4 Å². The molecule has 138 valence electrons. The number of anilines is 2. The summed E-state index contributed by atoms with van der Waals surface area (Å²) in [6.07, 6.45) is 0.988. The summed E-state index contributed by atoms with van der Waals surface area (Å²) in [5.74, 6) is -0.0838. The summed E-state index contributed by atoms with van der Waals surface area (Å²) < 4.78 is 0. The summed E-state index contributed by atoms with van der Waals surface area (Å²) in [7, 11) is 0. The van der Waals surface area contributed by atoms with Crippen LogP contribution in [0.25, 0.3) is 0 Å². The van der Waals surface area contributed by atoms with E-state index in [-0.39, 0.29) is 5.91 Å². The van der Waals surface area contributed by atoms with Crippen LogP contribution < -0.4 is 10.6 Å². The topological polar surface area (TPSA) is 41.1 Å². The number of rotatable bonds is 6. The van der Waals surface area contributed by atoms with Crippen LogP contribution in [0.4, 0.5) is 11.4 Å². The van der Waals surface area contributed by atoms with Crippen molar-refractivity contribution in [3.05, 3.63) is 94.5 Å². The number of carbonyl (C=O) groups excluding carboxylic acids is 1. The van der Waals surface area contributed by atoms with E-state index in [0.717, 1.165) is 28.9 Å². The first kappa shape index (κ1) is 18.7. The van der Waals surface area contributed by atoms with Crippen LogP contribution >= 0.6 is 0 Å². The first-order valence-corrected chi connectivity index (χ1v) is 9.36. The smallest absolute Gasteiger partial charge is 0.255 e. The van der Waals surface area contributed by atoms with Gasteiger partial charge in [-0.3, -0.25) is 4.79 Å². The Morgan fingerprint density at radius 1 is 0.889 bits per heavy atom. The first-order valence-electron chi connectivity index (χ1n) is 9.36. The Morgan fingerprint density at radius 3 is 2.44 bits per heavy atom. The zero-order chi connectivity index (χ0) is 19.2. The van der Waals surface area contributed by atoms with Gasteiger partial charge in [-0.25, -0.2) is 0 Å². The van der Waals surface area contributed by atoms with Crippen LogP contribution in [0.1, 0.15) is 39.5 Å². The quantitative estimate of drug-likeness (QED) is 0.591. The minimum Gasteiger partial charge on any atom is -0.381 e. The molecule has 0 aliphatic rings. The molecule has 3 aromatic carbocycles. The van der Waals surface area contributed by atoms with Crippen molar-refractivity contribution in [2.45, 2.75) is 33.7 Å². The zero-order valence-corrected chi connectivity index (χ0v) is 16.2. The number of carbonyl (C=O) groups is 1. The fourth-order valence-corrected chi connectivity index (χ4v) is 3.10. The highest BCUT2D eigenvalue weighted by Gasteiger charge is 2.09. The largest absolute Gasteiger partial charge is 0.381 e. The van der Waals surface area contributed by atoms with E-state index in [0.29, 0.717) is 12.1 Å². The molecule has 3 nitrogen and oxygen atoms in total. The Labute approximate surface area is 161 Å². The summed E-state index contributed by atoms with van der Waals surface area (Å²) in [6.45, 7) is 6.91. The molecule has 0 atom stereocenters. The molecule has 0 spiro atoms. The molecule has 0 saturated carbocycles. The van der Waals surface area contributed by atoms with Gasteiger partial charge < -0.3 is 10.6 Å². The number of amides is 1. The highest BCUT2D eigenvalue weighted by molar-refractivity contribution is 6.04. The summed E-state index contributed by atoms with van der Waals surface area (Å²) in [5.41, 5.74) is 7.31. The maximum atomic E-state index is 12.7. The lowest BCUT2D eigenvalue weighted by atomic mass is 10.1. The Bertz CT molecular complexity index is 947. The van der Waals surface area contributed by atoms with Gasteiger partial charge in [0.2, 0.25) is 0 Å². The highest BCUT2D eigenvalue weighted by Crippen LogP contribution is 2.20.